The predicted molar refractivity (Wildman–Crippen MR) is 94.3 cm³/mol. The minimum absolute atomic E-state index is 0.702. The van der Waals surface area contributed by atoms with Crippen molar-refractivity contribution in [1.82, 2.24) is 14.9 Å². The molecule has 0 saturated carbocycles. The molecule has 0 aliphatic rings. The zero-order valence-electron chi connectivity index (χ0n) is 13.5. The number of nitriles is 1. The molecule has 0 spiro atoms. The third-order valence-corrected chi connectivity index (χ3v) is 3.91. The number of nitrogens with zero attached hydrogens (tertiary/aromatic N) is 3. The van der Waals surface area contributed by atoms with Crippen molar-refractivity contribution in [3.63, 3.8) is 0 Å². The molecule has 3 aromatic rings. The van der Waals surface area contributed by atoms with E-state index in [0.717, 1.165) is 37.4 Å². The highest BCUT2D eigenvalue weighted by atomic mass is 15.1. The highest BCUT2D eigenvalue weighted by Gasteiger charge is 2.03. The zero-order valence-corrected chi connectivity index (χ0v) is 13.5. The second kappa shape index (κ2) is 8.09. The molecule has 3 rings (SSSR count). The summed E-state index contributed by atoms with van der Waals surface area (Å²) in [5.41, 5.74) is 3.10. The van der Waals surface area contributed by atoms with Crippen molar-refractivity contribution in [3.8, 4) is 6.07 Å². The summed E-state index contributed by atoms with van der Waals surface area (Å²) in [5.74, 6) is 1.08. The van der Waals surface area contributed by atoms with Gasteiger partial charge >= 0.3 is 0 Å². The van der Waals surface area contributed by atoms with Gasteiger partial charge < -0.3 is 9.88 Å². The molecule has 1 N–H and O–H groups in total. The van der Waals surface area contributed by atoms with E-state index in [1.165, 1.54) is 5.56 Å². The summed E-state index contributed by atoms with van der Waals surface area (Å²) in [7, 11) is 0. The molecular weight excluding hydrogens is 296 g/mol. The van der Waals surface area contributed by atoms with Gasteiger partial charge in [0.15, 0.2) is 0 Å². The summed E-state index contributed by atoms with van der Waals surface area (Å²) < 4.78 is 2.19. The molecule has 4 nitrogen and oxygen atoms in total. The molecule has 0 unspecified atom stereocenters. The van der Waals surface area contributed by atoms with Crippen LogP contribution in [0.15, 0.2) is 67.0 Å². The quantitative estimate of drug-likeness (QED) is 0.681. The predicted octanol–water partition coefficient (Wildman–Crippen LogP) is 3.14. The molecule has 4 heteroatoms. The van der Waals surface area contributed by atoms with E-state index in [0.29, 0.717) is 5.56 Å². The molecule has 1 heterocycles. The first-order valence-electron chi connectivity index (χ1n) is 8.09. The molecule has 0 saturated heterocycles. The van der Waals surface area contributed by atoms with Crippen molar-refractivity contribution in [2.75, 3.05) is 6.54 Å². The van der Waals surface area contributed by atoms with Gasteiger partial charge in [-0.2, -0.15) is 5.26 Å². The molecule has 0 aliphatic carbocycles. The Kier molecular flexibility index (Phi) is 5.39. The second-order valence-corrected chi connectivity index (χ2v) is 5.70. The lowest BCUT2D eigenvalue weighted by atomic mass is 10.1. The van der Waals surface area contributed by atoms with Crippen LogP contribution >= 0.6 is 0 Å². The van der Waals surface area contributed by atoms with E-state index in [1.54, 1.807) is 0 Å². The van der Waals surface area contributed by atoms with E-state index in [9.17, 15) is 0 Å². The highest BCUT2D eigenvalue weighted by Crippen LogP contribution is 2.06. The fourth-order valence-corrected chi connectivity index (χ4v) is 2.68. The standard InChI is InChI=1S/C20H20N4/c21-14-18-7-4-8-19(13-18)15-22-10-9-20-23-11-12-24(20)16-17-5-2-1-3-6-17/h1-8,11-13,22H,9-10,15-16H2. The van der Waals surface area contributed by atoms with E-state index in [4.69, 9.17) is 5.26 Å². The first-order chi connectivity index (χ1) is 11.8. The maximum atomic E-state index is 8.93. The van der Waals surface area contributed by atoms with Crippen LogP contribution in [-0.4, -0.2) is 16.1 Å². The maximum Gasteiger partial charge on any atom is 0.110 e. The van der Waals surface area contributed by atoms with Crippen molar-refractivity contribution in [2.45, 2.75) is 19.5 Å². The van der Waals surface area contributed by atoms with E-state index < -0.39 is 0 Å². The van der Waals surface area contributed by atoms with Crippen LogP contribution in [0.2, 0.25) is 0 Å². The topological polar surface area (TPSA) is 53.6 Å². The van der Waals surface area contributed by atoms with Gasteiger partial charge in [0.2, 0.25) is 0 Å². The van der Waals surface area contributed by atoms with Crippen LogP contribution in [0, 0.1) is 11.3 Å². The van der Waals surface area contributed by atoms with E-state index in [1.807, 2.05) is 42.7 Å². The number of aromatic nitrogens is 2. The molecule has 2 aromatic carbocycles. The Morgan fingerprint density at radius 1 is 1.04 bits per heavy atom. The maximum absolute atomic E-state index is 8.93. The first-order valence-corrected chi connectivity index (χ1v) is 8.09. The molecule has 0 atom stereocenters. The van der Waals surface area contributed by atoms with Crippen LogP contribution in [0.1, 0.15) is 22.5 Å². The van der Waals surface area contributed by atoms with Gasteiger partial charge in [-0.1, -0.05) is 42.5 Å². The van der Waals surface area contributed by atoms with Gasteiger partial charge in [-0.3, -0.25) is 0 Å². The summed E-state index contributed by atoms with van der Waals surface area (Å²) in [6.07, 6.45) is 4.76. The SMILES string of the molecule is N#Cc1cccc(CNCCc2nccn2Cc2ccccc2)c1. The van der Waals surface area contributed by atoms with Crippen molar-refractivity contribution in [1.29, 1.82) is 5.26 Å². The van der Waals surface area contributed by atoms with E-state index >= 15 is 0 Å². The van der Waals surface area contributed by atoms with Gasteiger partial charge in [0.25, 0.3) is 0 Å². The van der Waals surface area contributed by atoms with Crippen LogP contribution < -0.4 is 5.32 Å². The van der Waals surface area contributed by atoms with Crippen LogP contribution in [0.4, 0.5) is 0 Å². The lowest BCUT2D eigenvalue weighted by molar-refractivity contribution is 0.641. The highest BCUT2D eigenvalue weighted by molar-refractivity contribution is 5.32. The molecule has 0 radical (unpaired) electrons. The summed E-state index contributed by atoms with van der Waals surface area (Å²) >= 11 is 0. The Morgan fingerprint density at radius 2 is 1.88 bits per heavy atom. The van der Waals surface area contributed by atoms with Gasteiger partial charge in [-0.05, 0) is 23.3 Å². The Hall–Kier alpha value is -2.90. The number of rotatable bonds is 7. The first kappa shape index (κ1) is 16.0. The largest absolute Gasteiger partial charge is 0.330 e. The van der Waals surface area contributed by atoms with Crippen molar-refractivity contribution >= 4 is 0 Å². The molecule has 0 bridgehead atoms. The monoisotopic (exact) mass is 316 g/mol. The van der Waals surface area contributed by atoms with Crippen molar-refractivity contribution < 1.29 is 0 Å². The average molecular weight is 316 g/mol. The summed E-state index contributed by atoms with van der Waals surface area (Å²) in [6, 6.07) is 20.3. The van der Waals surface area contributed by atoms with Crippen LogP contribution in [0.3, 0.4) is 0 Å². The fraction of sp³-hybridized carbons (Fsp3) is 0.200. The van der Waals surface area contributed by atoms with Crippen molar-refractivity contribution in [3.05, 3.63) is 89.5 Å². The van der Waals surface area contributed by atoms with Gasteiger partial charge in [0.05, 0.1) is 11.6 Å². The number of benzene rings is 2. The number of hydrogen-bond acceptors (Lipinski definition) is 3. The van der Waals surface area contributed by atoms with Crippen LogP contribution in [0.5, 0.6) is 0 Å². The second-order valence-electron chi connectivity index (χ2n) is 5.70. The fourth-order valence-electron chi connectivity index (χ4n) is 2.68. The zero-order chi connectivity index (χ0) is 16.6. The lowest BCUT2D eigenvalue weighted by Crippen LogP contribution is -2.18. The van der Waals surface area contributed by atoms with Crippen molar-refractivity contribution in [2.24, 2.45) is 0 Å². The Balaban J connectivity index is 1.51. The molecule has 120 valence electrons. The third kappa shape index (κ3) is 4.31. The number of imidazole rings is 1. The Bertz CT molecular complexity index is 815. The molecule has 0 aliphatic heterocycles. The smallest absolute Gasteiger partial charge is 0.110 e. The molecular formula is C20H20N4. The minimum atomic E-state index is 0.702. The number of nitrogens with one attached hydrogen (secondary N) is 1. The molecule has 0 amide bonds. The normalized spacial score (nSPS) is 10.5. The molecule has 1 aromatic heterocycles. The summed E-state index contributed by atoms with van der Waals surface area (Å²) in [6.45, 7) is 2.46. The third-order valence-electron chi connectivity index (χ3n) is 3.91. The van der Waals surface area contributed by atoms with Crippen LogP contribution in [-0.2, 0) is 19.5 Å². The molecule has 24 heavy (non-hydrogen) atoms. The van der Waals surface area contributed by atoms with Gasteiger partial charge in [0.1, 0.15) is 5.82 Å². The van der Waals surface area contributed by atoms with E-state index in [2.05, 4.69) is 45.2 Å². The lowest BCUT2D eigenvalue weighted by Gasteiger charge is -2.09. The average Bonchev–Trinajstić information content (AvgIpc) is 3.07. The van der Waals surface area contributed by atoms with Gasteiger partial charge in [-0.15, -0.1) is 0 Å². The number of hydrogen-bond donors (Lipinski definition) is 1. The Morgan fingerprint density at radius 3 is 2.71 bits per heavy atom. The van der Waals surface area contributed by atoms with Gasteiger partial charge in [0, 0.05) is 38.4 Å². The summed E-state index contributed by atoms with van der Waals surface area (Å²) in [5, 5.41) is 12.3. The summed E-state index contributed by atoms with van der Waals surface area (Å²) in [4.78, 5) is 4.46. The Labute approximate surface area is 142 Å². The molecule has 0 fully saturated rings. The van der Waals surface area contributed by atoms with Crippen LogP contribution in [0.25, 0.3) is 0 Å². The van der Waals surface area contributed by atoms with E-state index in [-0.39, 0.29) is 0 Å². The minimum Gasteiger partial charge on any atom is -0.330 e. The van der Waals surface area contributed by atoms with Gasteiger partial charge in [-0.25, -0.2) is 4.98 Å².